The largest absolute Gasteiger partial charge is 0.413 e. The average Bonchev–Trinajstić information content (AvgIpc) is 3.24. The minimum absolute atomic E-state index is 0.00650. The van der Waals surface area contributed by atoms with Crippen LogP contribution in [0.2, 0.25) is 0 Å². The van der Waals surface area contributed by atoms with Crippen LogP contribution in [0.15, 0.2) is 30.5 Å². The molecule has 1 aromatic carbocycles. The molecule has 1 amide bonds. The van der Waals surface area contributed by atoms with E-state index in [2.05, 4.69) is 20.6 Å². The van der Waals surface area contributed by atoms with Gasteiger partial charge in [-0.15, -0.1) is 0 Å². The molecule has 11 heteroatoms. The average molecular weight is 522 g/mol. The predicted octanol–water partition coefficient (Wildman–Crippen LogP) is 5.51. The Morgan fingerprint density at radius 1 is 1.25 bits per heavy atom. The zero-order valence-corrected chi connectivity index (χ0v) is 21.5. The lowest BCUT2D eigenvalue weighted by atomic mass is 9.95. The summed E-state index contributed by atoms with van der Waals surface area (Å²) in [5.74, 6) is -0.878. The lowest BCUT2D eigenvalue weighted by molar-refractivity contribution is -0.190. The number of thiazole rings is 1. The smallest absolute Gasteiger partial charge is 0.377 e. The third-order valence-corrected chi connectivity index (χ3v) is 7.45. The molecule has 0 radical (unpaired) electrons. The molecule has 7 nitrogen and oxygen atoms in total. The molecular weight excluding hydrogens is 491 g/mol. The van der Waals surface area contributed by atoms with Crippen LogP contribution in [-0.2, 0) is 9.53 Å². The highest BCUT2D eigenvalue weighted by Crippen LogP contribution is 2.39. The Hall–Kier alpha value is -2.76. The number of halogens is 3. The summed E-state index contributed by atoms with van der Waals surface area (Å²) in [7, 11) is 2.84. The zero-order chi connectivity index (χ0) is 26.0. The molecule has 0 saturated carbocycles. The van der Waals surface area contributed by atoms with Crippen LogP contribution in [0.5, 0.6) is 0 Å². The van der Waals surface area contributed by atoms with Gasteiger partial charge in [0.2, 0.25) is 5.91 Å². The van der Waals surface area contributed by atoms with E-state index >= 15 is 0 Å². The monoisotopic (exact) mass is 521 g/mol. The van der Waals surface area contributed by atoms with Crippen molar-refractivity contribution < 1.29 is 22.7 Å². The normalized spacial score (nSPS) is 16.6. The van der Waals surface area contributed by atoms with Gasteiger partial charge in [-0.05, 0) is 57.5 Å². The summed E-state index contributed by atoms with van der Waals surface area (Å²) in [5.41, 5.74) is 2.83. The highest BCUT2D eigenvalue weighted by molar-refractivity contribution is 7.18. The van der Waals surface area contributed by atoms with E-state index in [-0.39, 0.29) is 11.7 Å². The van der Waals surface area contributed by atoms with E-state index in [4.69, 9.17) is 4.74 Å². The summed E-state index contributed by atoms with van der Waals surface area (Å²) in [6, 6.07) is 3.95. The van der Waals surface area contributed by atoms with Gasteiger partial charge in [-0.2, -0.15) is 13.2 Å². The van der Waals surface area contributed by atoms with Crippen molar-refractivity contribution in [1.29, 1.82) is 0 Å². The maximum absolute atomic E-state index is 14.1. The molecule has 1 aliphatic heterocycles. The molecular formula is C25H30F3N5O2S. The van der Waals surface area contributed by atoms with E-state index in [1.807, 2.05) is 13.8 Å². The number of carbonyl (C=O) groups excluding carboxylic acids is 1. The number of nitrogens with zero attached hydrogens (tertiary/aromatic N) is 3. The number of pyridine rings is 1. The number of amides is 1. The topological polar surface area (TPSA) is 79.4 Å². The van der Waals surface area contributed by atoms with Gasteiger partial charge in [0.25, 0.3) is 0 Å². The van der Waals surface area contributed by atoms with Crippen molar-refractivity contribution in [3.05, 3.63) is 46.6 Å². The molecule has 0 spiro atoms. The number of ether oxygens (including phenoxy) is 1. The molecule has 2 atom stereocenters. The third kappa shape index (κ3) is 5.47. The zero-order valence-electron chi connectivity index (χ0n) is 20.6. The second-order valence-corrected chi connectivity index (χ2v) is 10.2. The number of nitrogens with one attached hydrogen (secondary N) is 2. The molecule has 1 fully saturated rings. The van der Waals surface area contributed by atoms with Gasteiger partial charge in [-0.25, -0.2) is 9.97 Å². The molecule has 0 aliphatic carbocycles. The first kappa shape index (κ1) is 26.3. The number of hydrogen-bond acceptors (Lipinski definition) is 7. The Kier molecular flexibility index (Phi) is 7.82. The van der Waals surface area contributed by atoms with E-state index in [9.17, 15) is 18.0 Å². The highest BCUT2D eigenvalue weighted by atomic mass is 32.1. The minimum Gasteiger partial charge on any atom is -0.377 e. The molecule has 36 heavy (non-hydrogen) atoms. The van der Waals surface area contributed by atoms with Crippen molar-refractivity contribution in [2.45, 2.75) is 45.0 Å². The summed E-state index contributed by atoms with van der Waals surface area (Å²) >= 11 is 1.48. The first-order chi connectivity index (χ1) is 17.1. The fourth-order valence-electron chi connectivity index (χ4n) is 4.65. The highest BCUT2D eigenvalue weighted by Gasteiger charge is 2.46. The quantitative estimate of drug-likeness (QED) is 0.427. The Morgan fingerprint density at radius 2 is 1.92 bits per heavy atom. The number of alkyl halides is 3. The molecule has 3 aromatic rings. The van der Waals surface area contributed by atoms with Crippen LogP contribution in [0.1, 0.15) is 48.0 Å². The maximum Gasteiger partial charge on any atom is 0.413 e. The minimum atomic E-state index is -4.61. The summed E-state index contributed by atoms with van der Waals surface area (Å²) in [6.45, 7) is 5.07. The molecule has 1 aliphatic rings. The molecule has 194 valence electrons. The summed E-state index contributed by atoms with van der Waals surface area (Å²) in [6.07, 6.45) is -2.12. The van der Waals surface area contributed by atoms with Crippen LogP contribution >= 0.6 is 11.3 Å². The molecule has 1 saturated heterocycles. The van der Waals surface area contributed by atoms with Gasteiger partial charge in [-0.1, -0.05) is 23.5 Å². The van der Waals surface area contributed by atoms with Gasteiger partial charge in [0.15, 0.2) is 6.04 Å². The number of aryl methyl sites for hydroxylation is 1. The SMILES string of the molecule is COC(C)c1c(Nc2ccc(C(N(C)C(=O)C3CCNCC3)C(F)(F)F)cc2)cnc2sc(C)nc12. The number of hydrogen-bond donors (Lipinski definition) is 2. The van der Waals surface area contributed by atoms with Gasteiger partial charge in [0.1, 0.15) is 10.3 Å². The Balaban J connectivity index is 1.60. The van der Waals surface area contributed by atoms with Crippen LogP contribution in [0.4, 0.5) is 24.5 Å². The second kappa shape index (κ2) is 10.7. The first-order valence-corrected chi connectivity index (χ1v) is 12.6. The molecule has 3 heterocycles. The first-order valence-electron chi connectivity index (χ1n) is 11.8. The number of methoxy groups -OCH3 is 1. The standard InChI is InChI=1S/C25H30F3N5O2S/c1-14(35-4)20-19(13-30-23-21(20)31-15(2)36-23)32-18-7-5-16(6-8-18)22(25(26,27)28)33(3)24(34)17-9-11-29-12-10-17/h5-8,13-14,17,22,29,32H,9-12H2,1-4H3. The molecule has 2 N–H and O–H groups in total. The van der Waals surface area contributed by atoms with Gasteiger partial charge in [0, 0.05) is 31.3 Å². The summed E-state index contributed by atoms with van der Waals surface area (Å²) < 4.78 is 47.9. The molecule has 0 bridgehead atoms. The fourth-order valence-corrected chi connectivity index (χ4v) is 5.42. The lowest BCUT2D eigenvalue weighted by Crippen LogP contribution is -2.45. The van der Waals surface area contributed by atoms with Crippen LogP contribution in [-0.4, -0.2) is 54.2 Å². The number of fused-ring (bicyclic) bond motifs is 1. The van der Waals surface area contributed by atoms with E-state index < -0.39 is 24.0 Å². The van der Waals surface area contributed by atoms with Crippen LogP contribution in [0.25, 0.3) is 10.3 Å². The Bertz CT molecular complexity index is 1210. The number of benzene rings is 1. The van der Waals surface area contributed by atoms with Crippen molar-refractivity contribution >= 4 is 39.0 Å². The van der Waals surface area contributed by atoms with Crippen LogP contribution in [0, 0.1) is 12.8 Å². The van der Waals surface area contributed by atoms with Crippen molar-refractivity contribution in [1.82, 2.24) is 20.2 Å². The van der Waals surface area contributed by atoms with Gasteiger partial charge >= 0.3 is 6.18 Å². The van der Waals surface area contributed by atoms with Crippen molar-refractivity contribution in [3.63, 3.8) is 0 Å². The summed E-state index contributed by atoms with van der Waals surface area (Å²) in [5, 5.41) is 7.27. The Morgan fingerprint density at radius 3 is 2.53 bits per heavy atom. The number of carbonyl (C=O) groups is 1. The summed E-state index contributed by atoms with van der Waals surface area (Å²) in [4.78, 5) is 23.6. The Labute approximate surface area is 212 Å². The maximum atomic E-state index is 14.1. The van der Waals surface area contributed by atoms with Crippen molar-refractivity contribution in [2.24, 2.45) is 5.92 Å². The number of anilines is 2. The van der Waals surface area contributed by atoms with E-state index in [0.29, 0.717) is 37.3 Å². The van der Waals surface area contributed by atoms with E-state index in [1.165, 1.54) is 30.5 Å². The number of aromatic nitrogens is 2. The van der Waals surface area contributed by atoms with Gasteiger partial charge in [-0.3, -0.25) is 4.79 Å². The van der Waals surface area contributed by atoms with Gasteiger partial charge in [0.05, 0.1) is 23.0 Å². The third-order valence-electron chi connectivity index (χ3n) is 6.57. The predicted molar refractivity (Wildman–Crippen MR) is 134 cm³/mol. The number of piperidine rings is 1. The second-order valence-electron chi connectivity index (χ2n) is 9.01. The van der Waals surface area contributed by atoms with Crippen LogP contribution in [0.3, 0.4) is 0 Å². The van der Waals surface area contributed by atoms with Gasteiger partial charge < -0.3 is 20.3 Å². The van der Waals surface area contributed by atoms with Crippen molar-refractivity contribution in [3.8, 4) is 0 Å². The lowest BCUT2D eigenvalue weighted by Gasteiger charge is -2.34. The van der Waals surface area contributed by atoms with Crippen LogP contribution < -0.4 is 10.6 Å². The molecule has 4 rings (SSSR count). The van der Waals surface area contributed by atoms with E-state index in [1.54, 1.807) is 25.4 Å². The fraction of sp³-hybridized carbons (Fsp3) is 0.480. The van der Waals surface area contributed by atoms with Crippen molar-refractivity contribution in [2.75, 3.05) is 32.6 Å². The molecule has 2 aromatic heterocycles. The number of rotatable bonds is 7. The van der Waals surface area contributed by atoms with E-state index in [0.717, 1.165) is 25.8 Å². The molecule has 2 unspecified atom stereocenters.